The number of rotatable bonds is 13. The van der Waals surface area contributed by atoms with Crippen molar-refractivity contribution in [2.24, 2.45) is 17.8 Å². The number of benzene rings is 1. The molecule has 1 amide bonds. The second-order valence-corrected chi connectivity index (χ2v) is 15.7. The Hall–Kier alpha value is -3.59. The molecule has 53 heavy (non-hydrogen) atoms. The zero-order valence-corrected chi connectivity index (χ0v) is 32.1. The highest BCUT2D eigenvalue weighted by Gasteiger charge is 2.57. The van der Waals surface area contributed by atoms with E-state index in [1.54, 1.807) is 19.2 Å². The first-order valence-corrected chi connectivity index (χ1v) is 18.4. The third-order valence-electron chi connectivity index (χ3n) is 10.3. The second kappa shape index (κ2) is 16.4. The molecule has 1 heterocycles. The summed E-state index contributed by atoms with van der Waals surface area (Å²) in [6.45, 7) is 4.23. The molecule has 4 saturated carbocycles. The van der Waals surface area contributed by atoms with Gasteiger partial charge >= 0.3 is 23.9 Å². The maximum absolute atomic E-state index is 12.5. The summed E-state index contributed by atoms with van der Waals surface area (Å²) in [5.41, 5.74) is 1.88. The predicted octanol–water partition coefficient (Wildman–Crippen LogP) is 4.23. The Bertz CT molecular complexity index is 1610. The van der Waals surface area contributed by atoms with E-state index >= 15 is 0 Å². The molecule has 6 rings (SSSR count). The standard InChI is InChI=1S/C37H47Cl2NO13/c1-18(42)40-32-29(49-20(3)44)15-37(17-41,53-35(32)34(51-22(5)46)30(50-21(4)45)16-48-19(2)43)52-28-11-24(7-8-27(28)38)33(47-6)31-25-9-23-10-26(31)14-36(39,12-23)13-25/h7-8,11,23,25-26,29-30,32,34-35,41H,9-10,12-17H2,1-6H3,(H,40,42)/t23?,25?,26?,29-,30+,32+,34+,35+,36?,37+/m0/s1. The zero-order valence-electron chi connectivity index (χ0n) is 30.6. The number of esters is 4. The molecule has 1 aliphatic heterocycles. The first-order chi connectivity index (χ1) is 24.9. The number of halogens is 2. The van der Waals surface area contributed by atoms with E-state index in [9.17, 15) is 29.1 Å². The SMILES string of the molecule is COC(=C1C2CC3CC1CC(Cl)(C3)C2)c1ccc(Cl)c(O[C@]2(CO)C[C@H](OC(C)=O)[C@@H](NC(C)=O)[C@H]([C@H](OC(C)=O)[C@@H](COC(C)=O)OC(C)=O)O2)c1. The van der Waals surface area contributed by atoms with E-state index in [1.807, 2.05) is 6.07 Å². The van der Waals surface area contributed by atoms with Crippen LogP contribution in [-0.2, 0) is 52.4 Å². The number of aliphatic hydroxyl groups excluding tert-OH is 1. The Labute approximate surface area is 318 Å². The largest absolute Gasteiger partial charge is 0.496 e. The molecule has 0 aromatic heterocycles. The highest BCUT2D eigenvalue weighted by Crippen LogP contribution is 2.62. The van der Waals surface area contributed by atoms with Gasteiger partial charge in [0.2, 0.25) is 11.7 Å². The summed E-state index contributed by atoms with van der Waals surface area (Å²) in [6.07, 6.45) is -1.39. The van der Waals surface area contributed by atoms with E-state index < -0.39 is 79.2 Å². The topological polar surface area (TPSA) is 182 Å². The van der Waals surface area contributed by atoms with E-state index in [4.69, 9.17) is 56.4 Å². The number of hydrogen-bond donors (Lipinski definition) is 2. The lowest BCUT2D eigenvalue weighted by Crippen LogP contribution is -2.69. The van der Waals surface area contributed by atoms with Gasteiger partial charge in [0, 0.05) is 45.1 Å². The lowest BCUT2D eigenvalue weighted by Gasteiger charge is -2.55. The summed E-state index contributed by atoms with van der Waals surface area (Å²) in [7, 11) is 1.61. The lowest BCUT2D eigenvalue weighted by atomic mass is 9.53. The molecule has 2 unspecified atom stereocenters. The Balaban J connectivity index is 1.57. The van der Waals surface area contributed by atoms with Crippen LogP contribution in [0.3, 0.4) is 0 Å². The van der Waals surface area contributed by atoms with Crippen LogP contribution in [-0.4, -0.2) is 96.3 Å². The normalized spacial score (nSPS) is 31.1. The van der Waals surface area contributed by atoms with Crippen molar-refractivity contribution in [3.8, 4) is 5.75 Å². The molecular weight excluding hydrogens is 737 g/mol. The monoisotopic (exact) mass is 783 g/mol. The van der Waals surface area contributed by atoms with Crippen molar-refractivity contribution >= 4 is 58.7 Å². The van der Waals surface area contributed by atoms with Crippen molar-refractivity contribution in [1.29, 1.82) is 0 Å². The van der Waals surface area contributed by atoms with Crippen LogP contribution in [0.25, 0.3) is 5.76 Å². The molecule has 1 saturated heterocycles. The second-order valence-electron chi connectivity index (χ2n) is 14.5. The summed E-state index contributed by atoms with van der Waals surface area (Å²) >= 11 is 13.7. The Morgan fingerprint density at radius 3 is 2.13 bits per heavy atom. The Kier molecular flexibility index (Phi) is 12.6. The molecule has 292 valence electrons. The van der Waals surface area contributed by atoms with E-state index in [2.05, 4.69) is 5.32 Å². The van der Waals surface area contributed by atoms with Gasteiger partial charge in [0.1, 0.15) is 36.9 Å². The van der Waals surface area contributed by atoms with Gasteiger partial charge in [-0.1, -0.05) is 11.6 Å². The van der Waals surface area contributed by atoms with Gasteiger partial charge in [-0.2, -0.15) is 0 Å². The maximum atomic E-state index is 12.5. The number of methoxy groups -OCH3 is 1. The fourth-order valence-corrected chi connectivity index (χ4v) is 9.51. The summed E-state index contributed by atoms with van der Waals surface area (Å²) in [5.74, 6) is -3.91. The molecule has 16 heteroatoms. The molecule has 14 nitrogen and oxygen atoms in total. The van der Waals surface area contributed by atoms with Gasteiger partial charge in [0.15, 0.2) is 12.2 Å². The summed E-state index contributed by atoms with van der Waals surface area (Å²) in [5, 5.41) is 13.8. The van der Waals surface area contributed by atoms with Gasteiger partial charge in [-0.05, 0) is 73.6 Å². The van der Waals surface area contributed by atoms with Crippen LogP contribution in [0.2, 0.25) is 5.02 Å². The fraction of sp³-hybridized carbons (Fsp3) is 0.649. The molecule has 4 aliphatic carbocycles. The Morgan fingerprint density at radius 2 is 1.60 bits per heavy atom. The number of ether oxygens (including phenoxy) is 7. The van der Waals surface area contributed by atoms with Gasteiger partial charge in [-0.15, -0.1) is 11.6 Å². The third kappa shape index (κ3) is 9.38. The van der Waals surface area contributed by atoms with Crippen molar-refractivity contribution in [2.75, 3.05) is 20.3 Å². The van der Waals surface area contributed by atoms with E-state index in [0.29, 0.717) is 17.2 Å². The smallest absolute Gasteiger partial charge is 0.303 e. The number of amides is 1. The molecule has 0 radical (unpaired) electrons. The van der Waals surface area contributed by atoms with E-state index in [1.165, 1.54) is 12.5 Å². The van der Waals surface area contributed by atoms with Crippen LogP contribution in [0.15, 0.2) is 23.8 Å². The minimum Gasteiger partial charge on any atom is -0.496 e. The number of carbonyl (C=O) groups is 5. The molecular formula is C37H47Cl2NO13. The third-order valence-corrected chi connectivity index (χ3v) is 11.0. The summed E-state index contributed by atoms with van der Waals surface area (Å²) in [6, 6.07) is 3.84. The molecule has 8 atom stereocenters. The van der Waals surface area contributed by atoms with Gasteiger partial charge in [0.25, 0.3) is 0 Å². The molecule has 0 spiro atoms. The van der Waals surface area contributed by atoms with Gasteiger partial charge in [-0.25, -0.2) is 0 Å². The lowest BCUT2D eigenvalue weighted by molar-refractivity contribution is -0.302. The van der Waals surface area contributed by atoms with Gasteiger partial charge < -0.3 is 43.6 Å². The number of aliphatic hydroxyl groups is 1. The highest BCUT2D eigenvalue weighted by molar-refractivity contribution is 6.32. The van der Waals surface area contributed by atoms with Crippen LogP contribution in [0.1, 0.15) is 78.7 Å². The number of carbonyl (C=O) groups excluding carboxylic acids is 5. The summed E-state index contributed by atoms with van der Waals surface area (Å²) < 4.78 is 40.8. The van der Waals surface area contributed by atoms with E-state index in [0.717, 1.165) is 59.8 Å². The van der Waals surface area contributed by atoms with Crippen molar-refractivity contribution in [2.45, 2.75) is 114 Å². The molecule has 2 N–H and O–H groups in total. The van der Waals surface area contributed by atoms with Crippen molar-refractivity contribution < 1.29 is 62.2 Å². The van der Waals surface area contributed by atoms with Gasteiger partial charge in [-0.3, -0.25) is 24.0 Å². The van der Waals surface area contributed by atoms with Crippen molar-refractivity contribution in [3.05, 3.63) is 34.4 Å². The molecule has 4 bridgehead atoms. The first kappa shape index (κ1) is 40.6. The summed E-state index contributed by atoms with van der Waals surface area (Å²) in [4.78, 5) is 61.4. The number of nitrogens with one attached hydrogen (secondary N) is 1. The molecule has 1 aromatic rings. The number of hydrogen-bond acceptors (Lipinski definition) is 13. The quantitative estimate of drug-likeness (QED) is 0.126. The van der Waals surface area contributed by atoms with Crippen molar-refractivity contribution in [1.82, 2.24) is 5.32 Å². The van der Waals surface area contributed by atoms with Crippen LogP contribution in [0.4, 0.5) is 0 Å². The zero-order chi connectivity index (χ0) is 38.8. The van der Waals surface area contributed by atoms with Crippen LogP contribution >= 0.6 is 23.2 Å². The minimum atomic E-state index is -2.06. The van der Waals surface area contributed by atoms with Crippen LogP contribution < -0.4 is 10.1 Å². The molecule has 5 aliphatic rings. The highest BCUT2D eigenvalue weighted by atomic mass is 35.5. The molecule has 1 aromatic carbocycles. The first-order valence-electron chi connectivity index (χ1n) is 17.6. The van der Waals surface area contributed by atoms with Crippen molar-refractivity contribution in [3.63, 3.8) is 0 Å². The average molecular weight is 785 g/mol. The van der Waals surface area contributed by atoms with Crippen LogP contribution in [0.5, 0.6) is 5.75 Å². The van der Waals surface area contributed by atoms with Crippen LogP contribution in [0, 0.1) is 17.8 Å². The van der Waals surface area contributed by atoms with Gasteiger partial charge in [0.05, 0.1) is 24.6 Å². The van der Waals surface area contributed by atoms with E-state index in [-0.39, 0.29) is 33.9 Å². The number of alkyl halides is 1. The fourth-order valence-electron chi connectivity index (χ4n) is 8.77. The number of allylic oxidation sites excluding steroid dienone is 1. The maximum Gasteiger partial charge on any atom is 0.303 e. The molecule has 5 fully saturated rings. The minimum absolute atomic E-state index is 0.0739. The Morgan fingerprint density at radius 1 is 0.943 bits per heavy atom. The predicted molar refractivity (Wildman–Crippen MR) is 188 cm³/mol. The average Bonchev–Trinajstić information content (AvgIpc) is 3.04.